The van der Waals surface area contributed by atoms with E-state index in [1.54, 1.807) is 0 Å². The molecular weight excluding hydrogens is 122 g/mol. The van der Waals surface area contributed by atoms with E-state index in [2.05, 4.69) is 46.0 Å². The lowest BCUT2D eigenvalue weighted by Crippen LogP contribution is -2.37. The molecule has 0 saturated heterocycles. The first-order chi connectivity index (χ1) is 4.48. The standard InChI is InChI=1S/C9H19N/c1-6-10-9(4,5)7-8(2)3/h7,10H,6H2,1-5H3. The van der Waals surface area contributed by atoms with Gasteiger partial charge in [-0.3, -0.25) is 0 Å². The van der Waals surface area contributed by atoms with Gasteiger partial charge in [0.25, 0.3) is 0 Å². The number of allylic oxidation sites excluding steroid dienone is 1. The molecule has 0 saturated carbocycles. The van der Waals surface area contributed by atoms with Crippen molar-refractivity contribution in [1.29, 1.82) is 0 Å². The number of rotatable bonds is 3. The van der Waals surface area contributed by atoms with Crippen LogP contribution in [0.25, 0.3) is 0 Å². The van der Waals surface area contributed by atoms with Crippen LogP contribution in [0.15, 0.2) is 11.6 Å². The van der Waals surface area contributed by atoms with Gasteiger partial charge in [-0.1, -0.05) is 18.6 Å². The molecule has 0 aliphatic heterocycles. The molecule has 0 aromatic heterocycles. The predicted octanol–water partition coefficient (Wildman–Crippen LogP) is 2.34. The van der Waals surface area contributed by atoms with Crippen molar-refractivity contribution in [3.8, 4) is 0 Å². The van der Waals surface area contributed by atoms with Crippen molar-refractivity contribution >= 4 is 0 Å². The smallest absolute Gasteiger partial charge is 0.0309 e. The average Bonchev–Trinajstić information content (AvgIpc) is 1.59. The van der Waals surface area contributed by atoms with Crippen molar-refractivity contribution in [2.45, 2.75) is 40.2 Å². The summed E-state index contributed by atoms with van der Waals surface area (Å²) in [6, 6.07) is 0. The average molecular weight is 141 g/mol. The fraction of sp³-hybridized carbons (Fsp3) is 0.778. The van der Waals surface area contributed by atoms with E-state index in [-0.39, 0.29) is 5.54 Å². The van der Waals surface area contributed by atoms with Gasteiger partial charge in [-0.05, 0) is 34.2 Å². The van der Waals surface area contributed by atoms with Gasteiger partial charge in [-0.2, -0.15) is 0 Å². The third kappa shape index (κ3) is 4.57. The van der Waals surface area contributed by atoms with Crippen molar-refractivity contribution in [3.05, 3.63) is 11.6 Å². The van der Waals surface area contributed by atoms with Crippen LogP contribution in [0.1, 0.15) is 34.6 Å². The number of nitrogens with one attached hydrogen (secondary N) is 1. The van der Waals surface area contributed by atoms with Crippen LogP contribution in [-0.4, -0.2) is 12.1 Å². The molecule has 1 N–H and O–H groups in total. The minimum Gasteiger partial charge on any atom is -0.309 e. The fourth-order valence-electron chi connectivity index (χ4n) is 1.23. The first-order valence-electron chi connectivity index (χ1n) is 3.89. The van der Waals surface area contributed by atoms with Crippen LogP contribution >= 0.6 is 0 Å². The van der Waals surface area contributed by atoms with Crippen molar-refractivity contribution in [2.75, 3.05) is 6.54 Å². The van der Waals surface area contributed by atoms with E-state index in [4.69, 9.17) is 0 Å². The summed E-state index contributed by atoms with van der Waals surface area (Å²) >= 11 is 0. The number of hydrogen-bond donors (Lipinski definition) is 1. The second-order valence-electron chi connectivity index (χ2n) is 3.47. The summed E-state index contributed by atoms with van der Waals surface area (Å²) in [6.07, 6.45) is 2.25. The summed E-state index contributed by atoms with van der Waals surface area (Å²) in [5, 5.41) is 3.38. The molecule has 0 aromatic rings. The molecule has 0 atom stereocenters. The van der Waals surface area contributed by atoms with Crippen LogP contribution in [0, 0.1) is 0 Å². The molecule has 0 spiro atoms. The number of likely N-dealkylation sites (N-methyl/N-ethyl adjacent to an activating group) is 1. The second-order valence-corrected chi connectivity index (χ2v) is 3.47. The highest BCUT2D eigenvalue weighted by atomic mass is 14.9. The molecule has 60 valence electrons. The molecule has 0 heterocycles. The van der Waals surface area contributed by atoms with Gasteiger partial charge >= 0.3 is 0 Å². The second kappa shape index (κ2) is 3.77. The maximum absolute atomic E-state index is 3.38. The molecule has 0 radical (unpaired) electrons. The minimum atomic E-state index is 0.160. The van der Waals surface area contributed by atoms with Crippen LogP contribution in [0.2, 0.25) is 0 Å². The summed E-state index contributed by atoms with van der Waals surface area (Å²) in [4.78, 5) is 0. The van der Waals surface area contributed by atoms with E-state index < -0.39 is 0 Å². The Balaban J connectivity index is 3.98. The van der Waals surface area contributed by atoms with Gasteiger partial charge in [0.15, 0.2) is 0 Å². The largest absolute Gasteiger partial charge is 0.309 e. The molecule has 0 aromatic carbocycles. The van der Waals surface area contributed by atoms with Gasteiger partial charge in [0, 0.05) is 5.54 Å². The monoisotopic (exact) mass is 141 g/mol. The lowest BCUT2D eigenvalue weighted by molar-refractivity contribution is 0.489. The van der Waals surface area contributed by atoms with E-state index >= 15 is 0 Å². The van der Waals surface area contributed by atoms with Crippen molar-refractivity contribution in [3.63, 3.8) is 0 Å². The first-order valence-corrected chi connectivity index (χ1v) is 3.89. The molecule has 1 heteroatoms. The van der Waals surface area contributed by atoms with Crippen LogP contribution in [0.4, 0.5) is 0 Å². The van der Waals surface area contributed by atoms with E-state index in [1.165, 1.54) is 5.57 Å². The maximum Gasteiger partial charge on any atom is 0.0309 e. The normalized spacial score (nSPS) is 11.3. The Hall–Kier alpha value is -0.300. The highest BCUT2D eigenvalue weighted by Crippen LogP contribution is 2.06. The zero-order chi connectivity index (χ0) is 8.20. The van der Waals surface area contributed by atoms with Crippen molar-refractivity contribution in [1.82, 2.24) is 5.32 Å². The van der Waals surface area contributed by atoms with Crippen molar-refractivity contribution < 1.29 is 0 Å². The maximum atomic E-state index is 3.38. The van der Waals surface area contributed by atoms with Gasteiger partial charge in [0.1, 0.15) is 0 Å². The molecule has 0 rings (SSSR count). The zero-order valence-electron chi connectivity index (χ0n) is 7.78. The minimum absolute atomic E-state index is 0.160. The van der Waals surface area contributed by atoms with E-state index in [1.807, 2.05) is 0 Å². The lowest BCUT2D eigenvalue weighted by Gasteiger charge is -2.21. The van der Waals surface area contributed by atoms with E-state index in [9.17, 15) is 0 Å². The van der Waals surface area contributed by atoms with Gasteiger partial charge in [0.2, 0.25) is 0 Å². The molecule has 0 fully saturated rings. The molecule has 1 nitrogen and oxygen atoms in total. The Morgan fingerprint density at radius 2 is 1.90 bits per heavy atom. The highest BCUT2D eigenvalue weighted by molar-refractivity contribution is 5.06. The summed E-state index contributed by atoms with van der Waals surface area (Å²) in [7, 11) is 0. The summed E-state index contributed by atoms with van der Waals surface area (Å²) in [5.74, 6) is 0. The summed E-state index contributed by atoms with van der Waals surface area (Å²) < 4.78 is 0. The van der Waals surface area contributed by atoms with E-state index in [0.29, 0.717) is 0 Å². The molecule has 0 aliphatic rings. The highest BCUT2D eigenvalue weighted by Gasteiger charge is 2.10. The number of hydrogen-bond acceptors (Lipinski definition) is 1. The molecule has 10 heavy (non-hydrogen) atoms. The zero-order valence-corrected chi connectivity index (χ0v) is 7.78. The first kappa shape index (κ1) is 9.70. The molecule has 0 amide bonds. The Morgan fingerprint density at radius 3 is 2.20 bits per heavy atom. The van der Waals surface area contributed by atoms with Gasteiger partial charge in [-0.25, -0.2) is 0 Å². The van der Waals surface area contributed by atoms with E-state index in [0.717, 1.165) is 6.54 Å². The fourth-order valence-corrected chi connectivity index (χ4v) is 1.23. The van der Waals surface area contributed by atoms with Crippen LogP contribution in [-0.2, 0) is 0 Å². The SMILES string of the molecule is CCNC(C)(C)C=C(C)C. The van der Waals surface area contributed by atoms with Gasteiger partial charge < -0.3 is 5.32 Å². The van der Waals surface area contributed by atoms with Crippen molar-refractivity contribution in [2.24, 2.45) is 0 Å². The molecule has 0 unspecified atom stereocenters. The quantitative estimate of drug-likeness (QED) is 0.595. The Kier molecular flexibility index (Phi) is 3.66. The van der Waals surface area contributed by atoms with Gasteiger partial charge in [-0.15, -0.1) is 0 Å². The van der Waals surface area contributed by atoms with Crippen LogP contribution in [0.3, 0.4) is 0 Å². The van der Waals surface area contributed by atoms with Crippen LogP contribution < -0.4 is 5.32 Å². The molecule has 0 bridgehead atoms. The third-order valence-electron chi connectivity index (χ3n) is 1.28. The topological polar surface area (TPSA) is 12.0 Å². The summed E-state index contributed by atoms with van der Waals surface area (Å²) in [5.41, 5.74) is 1.53. The van der Waals surface area contributed by atoms with Crippen LogP contribution in [0.5, 0.6) is 0 Å². The Bertz CT molecular complexity index is 119. The molecular formula is C9H19N. The van der Waals surface area contributed by atoms with Gasteiger partial charge in [0.05, 0.1) is 0 Å². The Morgan fingerprint density at radius 1 is 1.40 bits per heavy atom. The lowest BCUT2D eigenvalue weighted by atomic mass is 10.0. The predicted molar refractivity (Wildman–Crippen MR) is 47.2 cm³/mol. The molecule has 0 aliphatic carbocycles. The Labute approximate surface area is 64.5 Å². The summed E-state index contributed by atoms with van der Waals surface area (Å²) in [6.45, 7) is 11.8. The third-order valence-corrected chi connectivity index (χ3v) is 1.28.